The predicted octanol–water partition coefficient (Wildman–Crippen LogP) is 2.01. The van der Waals surface area contributed by atoms with Gasteiger partial charge in [0.25, 0.3) is 5.91 Å². The highest BCUT2D eigenvalue weighted by atomic mass is 16.5. The van der Waals surface area contributed by atoms with Gasteiger partial charge in [-0.1, -0.05) is 12.1 Å². The van der Waals surface area contributed by atoms with E-state index in [2.05, 4.69) is 10.5 Å². The molecule has 0 unspecified atom stereocenters. The first kappa shape index (κ1) is 12.9. The third-order valence-corrected chi connectivity index (χ3v) is 2.93. The van der Waals surface area contributed by atoms with Crippen LogP contribution in [0.15, 0.2) is 16.8 Å². The molecule has 0 aliphatic rings. The zero-order valence-corrected chi connectivity index (χ0v) is 11.0. The lowest BCUT2D eigenvalue weighted by atomic mass is 10.2. The molecule has 2 rings (SSSR count). The largest absolute Gasteiger partial charge is 0.345 e. The Hall–Kier alpha value is -2.55. The van der Waals surface area contributed by atoms with E-state index in [1.54, 1.807) is 17.8 Å². The second-order valence-corrected chi connectivity index (χ2v) is 4.22. The van der Waals surface area contributed by atoms with Crippen molar-refractivity contribution >= 4 is 11.8 Å². The predicted molar refractivity (Wildman–Crippen MR) is 68.7 cm³/mol. The Kier molecular flexibility index (Phi) is 3.38. The number of carbonyl (C=O) groups excluding carboxylic acids is 1. The van der Waals surface area contributed by atoms with Gasteiger partial charge in [-0.15, -0.1) is 0 Å². The summed E-state index contributed by atoms with van der Waals surface area (Å²) in [4.78, 5) is 12.1. The summed E-state index contributed by atoms with van der Waals surface area (Å²) in [6, 6.07) is 3.53. The molecule has 98 valence electrons. The standard InChI is InChI=1S/C13H14N4O2/c1-4-10-8(2)16-19-13(10)15-12(18)11-5-9(6-14)7-17(11)3/h5,7H,4H2,1-3H3,(H,15,18). The van der Waals surface area contributed by atoms with E-state index in [4.69, 9.17) is 9.78 Å². The van der Waals surface area contributed by atoms with E-state index in [1.807, 2.05) is 19.9 Å². The molecule has 1 N–H and O–H groups in total. The molecule has 2 heterocycles. The second kappa shape index (κ2) is 4.98. The lowest BCUT2D eigenvalue weighted by Crippen LogP contribution is -2.15. The molecule has 0 radical (unpaired) electrons. The summed E-state index contributed by atoms with van der Waals surface area (Å²) in [5.41, 5.74) is 2.48. The van der Waals surface area contributed by atoms with Crippen LogP contribution in [-0.4, -0.2) is 15.6 Å². The summed E-state index contributed by atoms with van der Waals surface area (Å²) in [5, 5.41) is 15.3. The summed E-state index contributed by atoms with van der Waals surface area (Å²) in [5.74, 6) is 0.0413. The first-order valence-electron chi connectivity index (χ1n) is 5.89. The molecule has 0 bridgehead atoms. The number of rotatable bonds is 3. The fraction of sp³-hybridized carbons (Fsp3) is 0.308. The Morgan fingerprint density at radius 3 is 2.95 bits per heavy atom. The van der Waals surface area contributed by atoms with Crippen molar-refractivity contribution in [3.05, 3.63) is 34.8 Å². The molecule has 0 aliphatic carbocycles. The number of aromatic nitrogens is 2. The molecular formula is C13H14N4O2. The van der Waals surface area contributed by atoms with Crippen LogP contribution in [0.3, 0.4) is 0 Å². The highest BCUT2D eigenvalue weighted by molar-refractivity contribution is 6.03. The van der Waals surface area contributed by atoms with Gasteiger partial charge in [0, 0.05) is 18.8 Å². The van der Waals surface area contributed by atoms with Gasteiger partial charge in [-0.2, -0.15) is 5.26 Å². The number of hydrogen-bond donors (Lipinski definition) is 1. The number of nitriles is 1. The SMILES string of the molecule is CCc1c(C)noc1NC(=O)c1cc(C#N)cn1C. The molecule has 6 heteroatoms. The summed E-state index contributed by atoms with van der Waals surface area (Å²) in [6.45, 7) is 3.79. The molecule has 19 heavy (non-hydrogen) atoms. The summed E-state index contributed by atoms with van der Waals surface area (Å²) < 4.78 is 6.70. The van der Waals surface area contributed by atoms with Crippen LogP contribution >= 0.6 is 0 Å². The van der Waals surface area contributed by atoms with Crippen molar-refractivity contribution < 1.29 is 9.32 Å². The maximum absolute atomic E-state index is 12.1. The molecule has 2 aromatic rings. The van der Waals surface area contributed by atoms with Crippen molar-refractivity contribution in [3.8, 4) is 6.07 Å². The Morgan fingerprint density at radius 2 is 2.37 bits per heavy atom. The summed E-state index contributed by atoms with van der Waals surface area (Å²) in [7, 11) is 1.71. The smallest absolute Gasteiger partial charge is 0.274 e. The van der Waals surface area contributed by atoms with Gasteiger partial charge in [-0.05, 0) is 19.4 Å². The fourth-order valence-corrected chi connectivity index (χ4v) is 1.92. The van der Waals surface area contributed by atoms with E-state index in [9.17, 15) is 4.79 Å². The lowest BCUT2D eigenvalue weighted by molar-refractivity contribution is 0.101. The van der Waals surface area contributed by atoms with E-state index in [0.717, 1.165) is 17.7 Å². The highest BCUT2D eigenvalue weighted by Gasteiger charge is 2.17. The van der Waals surface area contributed by atoms with Gasteiger partial charge in [-0.25, -0.2) is 0 Å². The third-order valence-electron chi connectivity index (χ3n) is 2.93. The Morgan fingerprint density at radius 1 is 1.63 bits per heavy atom. The number of anilines is 1. The van der Waals surface area contributed by atoms with Crippen LogP contribution in [0.1, 0.15) is 34.2 Å². The molecule has 0 spiro atoms. The van der Waals surface area contributed by atoms with E-state index in [-0.39, 0.29) is 5.91 Å². The maximum atomic E-state index is 12.1. The van der Waals surface area contributed by atoms with Crippen LogP contribution in [0.4, 0.5) is 5.88 Å². The van der Waals surface area contributed by atoms with Crippen molar-refractivity contribution in [3.63, 3.8) is 0 Å². The van der Waals surface area contributed by atoms with Crippen LogP contribution in [0.5, 0.6) is 0 Å². The van der Waals surface area contributed by atoms with Crippen LogP contribution < -0.4 is 5.32 Å². The van der Waals surface area contributed by atoms with Crippen LogP contribution in [0, 0.1) is 18.3 Å². The number of carbonyl (C=O) groups is 1. The van der Waals surface area contributed by atoms with Gasteiger partial charge in [0.15, 0.2) is 0 Å². The van der Waals surface area contributed by atoms with Crippen LogP contribution in [-0.2, 0) is 13.5 Å². The van der Waals surface area contributed by atoms with E-state index < -0.39 is 0 Å². The molecule has 2 aromatic heterocycles. The van der Waals surface area contributed by atoms with Gasteiger partial charge in [-0.3, -0.25) is 10.1 Å². The number of amides is 1. The van der Waals surface area contributed by atoms with Crippen LogP contribution in [0.2, 0.25) is 0 Å². The average Bonchev–Trinajstić information content (AvgIpc) is 2.93. The molecule has 1 amide bonds. The number of nitrogens with zero attached hydrogens (tertiary/aromatic N) is 3. The highest BCUT2D eigenvalue weighted by Crippen LogP contribution is 2.20. The minimum Gasteiger partial charge on any atom is -0.345 e. The Labute approximate surface area is 110 Å². The summed E-state index contributed by atoms with van der Waals surface area (Å²) in [6.07, 6.45) is 2.32. The molecule has 0 atom stereocenters. The number of hydrogen-bond acceptors (Lipinski definition) is 4. The Bertz CT molecular complexity index is 661. The van der Waals surface area contributed by atoms with Crippen molar-refractivity contribution in [2.45, 2.75) is 20.3 Å². The monoisotopic (exact) mass is 258 g/mol. The molecule has 0 aromatic carbocycles. The molecule has 0 saturated heterocycles. The first-order valence-corrected chi connectivity index (χ1v) is 5.89. The third kappa shape index (κ3) is 2.36. The van der Waals surface area contributed by atoms with E-state index in [0.29, 0.717) is 17.1 Å². The van der Waals surface area contributed by atoms with Gasteiger partial charge in [0.2, 0.25) is 5.88 Å². The van der Waals surface area contributed by atoms with Gasteiger partial charge in [0.1, 0.15) is 11.8 Å². The Balaban J connectivity index is 2.26. The van der Waals surface area contributed by atoms with Gasteiger partial charge >= 0.3 is 0 Å². The molecule has 6 nitrogen and oxygen atoms in total. The van der Waals surface area contributed by atoms with E-state index >= 15 is 0 Å². The first-order chi connectivity index (χ1) is 9.06. The molecule has 0 fully saturated rings. The fourth-order valence-electron chi connectivity index (χ4n) is 1.92. The molecule has 0 saturated carbocycles. The second-order valence-electron chi connectivity index (χ2n) is 4.22. The lowest BCUT2D eigenvalue weighted by Gasteiger charge is -2.04. The topological polar surface area (TPSA) is 83.8 Å². The van der Waals surface area contributed by atoms with Crippen molar-refractivity contribution in [2.75, 3.05) is 5.32 Å². The zero-order valence-electron chi connectivity index (χ0n) is 11.0. The van der Waals surface area contributed by atoms with Crippen LogP contribution in [0.25, 0.3) is 0 Å². The number of nitrogens with one attached hydrogen (secondary N) is 1. The van der Waals surface area contributed by atoms with Crippen molar-refractivity contribution in [2.24, 2.45) is 7.05 Å². The minimum atomic E-state index is -0.324. The minimum absolute atomic E-state index is 0.324. The van der Waals surface area contributed by atoms with Crippen molar-refractivity contribution in [1.82, 2.24) is 9.72 Å². The van der Waals surface area contributed by atoms with Crippen molar-refractivity contribution in [1.29, 1.82) is 5.26 Å². The number of aryl methyl sites for hydroxylation is 2. The normalized spacial score (nSPS) is 10.2. The van der Waals surface area contributed by atoms with E-state index in [1.165, 1.54) is 6.07 Å². The molecule has 0 aliphatic heterocycles. The quantitative estimate of drug-likeness (QED) is 0.912. The summed E-state index contributed by atoms with van der Waals surface area (Å²) >= 11 is 0. The maximum Gasteiger partial charge on any atom is 0.274 e. The van der Waals surface area contributed by atoms with Gasteiger partial charge < -0.3 is 9.09 Å². The average molecular weight is 258 g/mol. The van der Waals surface area contributed by atoms with Gasteiger partial charge in [0.05, 0.1) is 11.3 Å². The molecular weight excluding hydrogens is 244 g/mol. The zero-order chi connectivity index (χ0) is 14.0.